The minimum Gasteiger partial charge on any atom is -0.212 e. The van der Waals surface area contributed by atoms with Crippen LogP contribution < -0.4 is 4.72 Å². The molecule has 0 saturated carbocycles. The molecule has 4 nitrogen and oxygen atoms in total. The number of nitriles is 1. The molecule has 0 bridgehead atoms. The van der Waals surface area contributed by atoms with Gasteiger partial charge in [0, 0.05) is 6.54 Å². The Bertz CT molecular complexity index is 826. The maximum atomic E-state index is 13.2. The topological polar surface area (TPSA) is 70.0 Å². The second-order valence-corrected chi connectivity index (χ2v) is 6.78. The molecule has 0 aromatic heterocycles. The predicted molar refractivity (Wildman–Crippen MR) is 81.8 cm³/mol. The Morgan fingerprint density at radius 2 is 1.95 bits per heavy atom. The molecule has 1 N–H and O–H groups in total. The summed E-state index contributed by atoms with van der Waals surface area (Å²) >= 11 is 0. The van der Waals surface area contributed by atoms with E-state index in [1.54, 1.807) is 43.3 Å². The van der Waals surface area contributed by atoms with Gasteiger partial charge in [0.15, 0.2) is 0 Å². The Kier molecular flexibility index (Phi) is 4.91. The van der Waals surface area contributed by atoms with Gasteiger partial charge in [-0.2, -0.15) is 5.26 Å². The average Bonchev–Trinajstić information content (AvgIpc) is 2.48. The molecule has 0 aliphatic heterocycles. The molecule has 2 aromatic carbocycles. The molecule has 0 aliphatic rings. The Hall–Kier alpha value is -2.23. The van der Waals surface area contributed by atoms with Crippen molar-refractivity contribution in [3.8, 4) is 6.07 Å². The summed E-state index contributed by atoms with van der Waals surface area (Å²) in [7, 11) is -3.53. The zero-order chi connectivity index (χ0) is 16.2. The molecular weight excluding hydrogens is 303 g/mol. The summed E-state index contributed by atoms with van der Waals surface area (Å²) < 4.78 is 39.8. The van der Waals surface area contributed by atoms with E-state index in [0.29, 0.717) is 22.3 Å². The minimum absolute atomic E-state index is 0.0986. The third kappa shape index (κ3) is 4.38. The van der Waals surface area contributed by atoms with Crippen LogP contribution in [0.3, 0.4) is 0 Å². The Balaban J connectivity index is 2.04. The lowest BCUT2D eigenvalue weighted by molar-refractivity contribution is 0.580. The first-order valence-electron chi connectivity index (χ1n) is 6.61. The summed E-state index contributed by atoms with van der Waals surface area (Å²) in [4.78, 5) is 0. The van der Waals surface area contributed by atoms with E-state index in [1.807, 2.05) is 6.07 Å². The van der Waals surface area contributed by atoms with Crippen LogP contribution >= 0.6 is 0 Å². The lowest BCUT2D eigenvalue weighted by Crippen LogP contribution is -2.24. The standard InChI is InChI=1S/C16H15FN2O2S/c1-12-7-14(5-6-16(12)17)10-19-22(20,21)11-15-4-2-3-13(8-15)9-18/h2-8,19H,10-11H2,1H3. The molecule has 2 rings (SSSR count). The molecular formula is C16H15FN2O2S. The summed E-state index contributed by atoms with van der Waals surface area (Å²) in [5, 5.41) is 8.82. The van der Waals surface area contributed by atoms with E-state index in [2.05, 4.69) is 4.72 Å². The van der Waals surface area contributed by atoms with Crippen LogP contribution in [0.4, 0.5) is 4.39 Å². The number of aryl methyl sites for hydroxylation is 1. The van der Waals surface area contributed by atoms with Crippen molar-refractivity contribution in [2.75, 3.05) is 0 Å². The number of sulfonamides is 1. The minimum atomic E-state index is -3.53. The fourth-order valence-electron chi connectivity index (χ4n) is 2.01. The van der Waals surface area contributed by atoms with Gasteiger partial charge >= 0.3 is 0 Å². The van der Waals surface area contributed by atoms with Crippen molar-refractivity contribution in [1.29, 1.82) is 5.26 Å². The van der Waals surface area contributed by atoms with Crippen LogP contribution in [0.25, 0.3) is 0 Å². The van der Waals surface area contributed by atoms with Gasteiger partial charge in [0.25, 0.3) is 0 Å². The molecule has 6 heteroatoms. The van der Waals surface area contributed by atoms with Crippen LogP contribution in [0.2, 0.25) is 0 Å². The molecule has 2 aromatic rings. The van der Waals surface area contributed by atoms with E-state index in [9.17, 15) is 12.8 Å². The zero-order valence-corrected chi connectivity index (χ0v) is 12.8. The van der Waals surface area contributed by atoms with Crippen molar-refractivity contribution < 1.29 is 12.8 Å². The smallest absolute Gasteiger partial charge is 0.212 e. The lowest BCUT2D eigenvalue weighted by atomic mass is 10.1. The van der Waals surface area contributed by atoms with Gasteiger partial charge in [0.2, 0.25) is 10.0 Å². The highest BCUT2D eigenvalue weighted by Crippen LogP contribution is 2.11. The van der Waals surface area contributed by atoms with Crippen LogP contribution in [0, 0.1) is 24.1 Å². The highest BCUT2D eigenvalue weighted by atomic mass is 32.2. The van der Waals surface area contributed by atoms with Crippen molar-refractivity contribution in [2.45, 2.75) is 19.2 Å². The van der Waals surface area contributed by atoms with E-state index in [0.717, 1.165) is 0 Å². The van der Waals surface area contributed by atoms with E-state index in [4.69, 9.17) is 5.26 Å². The quantitative estimate of drug-likeness (QED) is 0.921. The molecule has 0 spiro atoms. The molecule has 0 saturated heterocycles. The van der Waals surface area contributed by atoms with E-state index in [1.165, 1.54) is 6.07 Å². The third-order valence-corrected chi connectivity index (χ3v) is 4.43. The monoisotopic (exact) mass is 318 g/mol. The van der Waals surface area contributed by atoms with Crippen molar-refractivity contribution in [3.05, 3.63) is 70.5 Å². The lowest BCUT2D eigenvalue weighted by Gasteiger charge is -2.08. The SMILES string of the molecule is Cc1cc(CNS(=O)(=O)Cc2cccc(C#N)c2)ccc1F. The number of rotatable bonds is 5. The number of nitrogens with zero attached hydrogens (tertiary/aromatic N) is 1. The first kappa shape index (κ1) is 16.1. The molecule has 0 atom stereocenters. The van der Waals surface area contributed by atoms with Crippen molar-refractivity contribution >= 4 is 10.0 Å². The summed E-state index contributed by atoms with van der Waals surface area (Å²) in [6, 6.07) is 12.9. The van der Waals surface area contributed by atoms with E-state index >= 15 is 0 Å². The van der Waals surface area contributed by atoms with Crippen LogP contribution in [0.5, 0.6) is 0 Å². The Morgan fingerprint density at radius 3 is 2.64 bits per heavy atom. The van der Waals surface area contributed by atoms with Gasteiger partial charge < -0.3 is 0 Å². The maximum Gasteiger partial charge on any atom is 0.216 e. The van der Waals surface area contributed by atoms with Crippen LogP contribution in [-0.2, 0) is 22.3 Å². The average molecular weight is 318 g/mol. The summed E-state index contributed by atoms with van der Waals surface area (Å²) in [5.41, 5.74) is 2.12. The number of nitrogens with one attached hydrogen (secondary N) is 1. The third-order valence-electron chi connectivity index (χ3n) is 3.13. The number of benzene rings is 2. The largest absolute Gasteiger partial charge is 0.216 e. The molecule has 0 radical (unpaired) electrons. The van der Waals surface area contributed by atoms with Crippen LogP contribution in [0.15, 0.2) is 42.5 Å². The first-order chi connectivity index (χ1) is 10.4. The second kappa shape index (κ2) is 6.69. The predicted octanol–water partition coefficient (Wildman–Crippen LogP) is 2.63. The number of hydrogen-bond acceptors (Lipinski definition) is 3. The molecule has 114 valence electrons. The zero-order valence-electron chi connectivity index (χ0n) is 12.0. The number of hydrogen-bond donors (Lipinski definition) is 1. The van der Waals surface area contributed by atoms with Gasteiger partial charge in [-0.05, 0) is 41.8 Å². The fraction of sp³-hybridized carbons (Fsp3) is 0.188. The van der Waals surface area contributed by atoms with Gasteiger partial charge in [-0.25, -0.2) is 17.5 Å². The highest BCUT2D eigenvalue weighted by Gasteiger charge is 2.12. The number of halogens is 1. The Morgan fingerprint density at radius 1 is 1.18 bits per heavy atom. The van der Waals surface area contributed by atoms with Crippen LogP contribution in [-0.4, -0.2) is 8.42 Å². The van der Waals surface area contributed by atoms with Crippen molar-refractivity contribution in [1.82, 2.24) is 4.72 Å². The molecule has 0 amide bonds. The van der Waals surface area contributed by atoms with Gasteiger partial charge in [-0.3, -0.25) is 0 Å². The van der Waals surface area contributed by atoms with Gasteiger partial charge in [-0.1, -0.05) is 24.3 Å². The fourth-order valence-corrected chi connectivity index (χ4v) is 3.12. The van der Waals surface area contributed by atoms with Crippen molar-refractivity contribution in [2.24, 2.45) is 0 Å². The van der Waals surface area contributed by atoms with E-state index in [-0.39, 0.29) is 18.1 Å². The van der Waals surface area contributed by atoms with Gasteiger partial charge in [0.05, 0.1) is 17.4 Å². The molecule has 0 aliphatic carbocycles. The second-order valence-electron chi connectivity index (χ2n) is 4.98. The van der Waals surface area contributed by atoms with Crippen LogP contribution in [0.1, 0.15) is 22.3 Å². The molecule has 0 fully saturated rings. The van der Waals surface area contributed by atoms with Gasteiger partial charge in [-0.15, -0.1) is 0 Å². The molecule has 22 heavy (non-hydrogen) atoms. The molecule has 0 heterocycles. The Labute approximate surface area is 129 Å². The summed E-state index contributed by atoms with van der Waals surface area (Å²) in [6.45, 7) is 1.72. The van der Waals surface area contributed by atoms with E-state index < -0.39 is 10.0 Å². The summed E-state index contributed by atoms with van der Waals surface area (Å²) in [6.07, 6.45) is 0. The maximum absolute atomic E-state index is 13.2. The summed E-state index contributed by atoms with van der Waals surface area (Å²) in [5.74, 6) is -0.525. The van der Waals surface area contributed by atoms with Crippen molar-refractivity contribution in [3.63, 3.8) is 0 Å². The normalized spacial score (nSPS) is 11.1. The first-order valence-corrected chi connectivity index (χ1v) is 8.26. The highest BCUT2D eigenvalue weighted by molar-refractivity contribution is 7.88. The van der Waals surface area contributed by atoms with Gasteiger partial charge in [0.1, 0.15) is 5.82 Å². The molecule has 0 unspecified atom stereocenters.